The fourth-order valence-electron chi connectivity index (χ4n) is 3.72. The highest BCUT2D eigenvalue weighted by Gasteiger charge is 2.33. The minimum absolute atomic E-state index is 0.0365. The molecule has 0 aliphatic carbocycles. The Morgan fingerprint density at radius 2 is 1.96 bits per heavy atom. The van der Waals surface area contributed by atoms with Crippen molar-refractivity contribution in [1.29, 1.82) is 0 Å². The molecule has 3 N–H and O–H groups in total. The normalized spacial score (nSPS) is 17.9. The van der Waals surface area contributed by atoms with E-state index in [2.05, 4.69) is 42.8 Å². The Morgan fingerprint density at radius 3 is 2.80 bits per heavy atom. The fraction of sp³-hybridized carbons (Fsp3) is 0.278. The number of H-pyrrole nitrogens is 3. The van der Waals surface area contributed by atoms with E-state index in [0.29, 0.717) is 0 Å². The smallest absolute Gasteiger partial charge is 0.121 e. The Bertz CT molecular complexity index is 992. The van der Waals surface area contributed by atoms with E-state index in [9.17, 15) is 0 Å². The summed E-state index contributed by atoms with van der Waals surface area (Å²) in [5.74, 6) is 0.971. The number of benzene rings is 1. The van der Waals surface area contributed by atoms with Crippen LogP contribution in [0.4, 0.5) is 0 Å². The Hall–Kier alpha value is -2.93. The number of rotatable bonds is 3. The molecule has 0 unspecified atom stereocenters. The van der Waals surface area contributed by atoms with Crippen LogP contribution < -0.4 is 0 Å². The number of nitrogens with one attached hydrogen (secondary N) is 3. The lowest BCUT2D eigenvalue weighted by molar-refractivity contribution is 0.192. The van der Waals surface area contributed by atoms with Crippen molar-refractivity contribution < 1.29 is 0 Å². The van der Waals surface area contributed by atoms with Crippen molar-refractivity contribution in [2.24, 2.45) is 0 Å². The fourth-order valence-corrected chi connectivity index (χ4v) is 3.72. The van der Waals surface area contributed by atoms with Crippen LogP contribution in [0.1, 0.15) is 34.6 Å². The summed E-state index contributed by atoms with van der Waals surface area (Å²) in [6.07, 6.45) is 4.49. The number of nitrogens with zero attached hydrogens (tertiary/aromatic N) is 4. The standard InChI is InChI=1S/C18H19N7/c1-11-16(21-9-19-11)18-17-14(20-10-22-17)6-7-25(18)8-15-23-12-4-2-3-5-13(12)24-15/h2-5,9-10,18H,6-8H2,1H3,(H,19,21)(H,20,22)(H,23,24)/t18-/m0/s1. The van der Waals surface area contributed by atoms with Crippen LogP contribution in [0.3, 0.4) is 0 Å². The number of fused-ring (bicyclic) bond motifs is 2. The van der Waals surface area contributed by atoms with Crippen LogP contribution in [0.5, 0.6) is 0 Å². The molecule has 0 radical (unpaired) electrons. The molecule has 1 atom stereocenters. The number of aromatic nitrogens is 6. The van der Waals surface area contributed by atoms with E-state index in [-0.39, 0.29) is 6.04 Å². The van der Waals surface area contributed by atoms with Gasteiger partial charge in [0.1, 0.15) is 5.82 Å². The highest BCUT2D eigenvalue weighted by molar-refractivity contribution is 5.74. The maximum Gasteiger partial charge on any atom is 0.121 e. The topological polar surface area (TPSA) is 89.3 Å². The van der Waals surface area contributed by atoms with Gasteiger partial charge in [0.2, 0.25) is 0 Å². The van der Waals surface area contributed by atoms with Gasteiger partial charge in [-0.15, -0.1) is 0 Å². The van der Waals surface area contributed by atoms with Crippen molar-refractivity contribution in [1.82, 2.24) is 34.8 Å². The van der Waals surface area contributed by atoms with Gasteiger partial charge in [-0.3, -0.25) is 4.90 Å². The predicted octanol–water partition coefficient (Wildman–Crippen LogP) is 2.47. The van der Waals surface area contributed by atoms with Crippen LogP contribution in [0.25, 0.3) is 11.0 Å². The Balaban J connectivity index is 1.54. The first-order valence-corrected chi connectivity index (χ1v) is 8.49. The van der Waals surface area contributed by atoms with Gasteiger partial charge < -0.3 is 15.0 Å². The third kappa shape index (κ3) is 2.35. The van der Waals surface area contributed by atoms with E-state index in [4.69, 9.17) is 4.98 Å². The number of hydrogen-bond donors (Lipinski definition) is 3. The molecule has 1 aliphatic rings. The second kappa shape index (κ2) is 5.56. The minimum Gasteiger partial charge on any atom is -0.348 e. The molecule has 7 nitrogen and oxygen atoms in total. The zero-order chi connectivity index (χ0) is 16.8. The third-order valence-corrected chi connectivity index (χ3v) is 4.94. The highest BCUT2D eigenvalue weighted by atomic mass is 15.2. The predicted molar refractivity (Wildman–Crippen MR) is 94.0 cm³/mol. The van der Waals surface area contributed by atoms with Gasteiger partial charge in [-0.05, 0) is 19.1 Å². The largest absolute Gasteiger partial charge is 0.348 e. The summed E-state index contributed by atoms with van der Waals surface area (Å²) in [5, 5.41) is 0. The van der Waals surface area contributed by atoms with Gasteiger partial charge in [0, 0.05) is 24.4 Å². The summed E-state index contributed by atoms with van der Waals surface area (Å²) >= 11 is 0. The molecule has 0 bridgehead atoms. The van der Waals surface area contributed by atoms with Crippen molar-refractivity contribution in [2.75, 3.05) is 6.54 Å². The Morgan fingerprint density at radius 1 is 1.12 bits per heavy atom. The zero-order valence-corrected chi connectivity index (χ0v) is 14.0. The highest BCUT2D eigenvalue weighted by Crippen LogP contribution is 2.34. The van der Waals surface area contributed by atoms with Crippen LogP contribution in [-0.2, 0) is 13.0 Å². The van der Waals surface area contributed by atoms with Gasteiger partial charge >= 0.3 is 0 Å². The van der Waals surface area contributed by atoms with Gasteiger partial charge in [0.05, 0.1) is 47.7 Å². The number of para-hydroxylation sites is 2. The molecule has 0 spiro atoms. The van der Waals surface area contributed by atoms with Gasteiger partial charge in [0.15, 0.2) is 0 Å². The van der Waals surface area contributed by atoms with E-state index in [1.54, 1.807) is 12.7 Å². The molecule has 4 heterocycles. The summed E-state index contributed by atoms with van der Waals surface area (Å²) in [6, 6.07) is 8.17. The van der Waals surface area contributed by atoms with Crippen LogP contribution in [-0.4, -0.2) is 41.3 Å². The summed E-state index contributed by atoms with van der Waals surface area (Å²) in [7, 11) is 0. The van der Waals surface area contributed by atoms with Crippen LogP contribution >= 0.6 is 0 Å². The van der Waals surface area contributed by atoms with Crippen LogP contribution in [0.15, 0.2) is 36.9 Å². The Labute approximate surface area is 144 Å². The van der Waals surface area contributed by atoms with Gasteiger partial charge in [-0.1, -0.05) is 12.1 Å². The lowest BCUT2D eigenvalue weighted by Crippen LogP contribution is -2.36. The molecule has 1 aromatic carbocycles. The van der Waals surface area contributed by atoms with Crippen molar-refractivity contribution in [2.45, 2.75) is 25.9 Å². The van der Waals surface area contributed by atoms with Crippen molar-refractivity contribution in [3.8, 4) is 0 Å². The second-order valence-corrected chi connectivity index (χ2v) is 6.50. The summed E-state index contributed by atoms with van der Waals surface area (Å²) in [5.41, 5.74) is 6.45. The number of aryl methyl sites for hydroxylation is 1. The summed E-state index contributed by atoms with van der Waals surface area (Å²) < 4.78 is 0. The molecule has 126 valence electrons. The quantitative estimate of drug-likeness (QED) is 0.537. The molecule has 5 rings (SSSR count). The van der Waals surface area contributed by atoms with Crippen LogP contribution in [0.2, 0.25) is 0 Å². The molecule has 3 aromatic heterocycles. The molecule has 0 saturated carbocycles. The van der Waals surface area contributed by atoms with Crippen molar-refractivity contribution in [3.05, 3.63) is 65.5 Å². The summed E-state index contributed by atoms with van der Waals surface area (Å²) in [6.45, 7) is 3.73. The van der Waals surface area contributed by atoms with Gasteiger partial charge in [-0.2, -0.15) is 0 Å². The van der Waals surface area contributed by atoms with E-state index in [0.717, 1.165) is 53.4 Å². The molecular weight excluding hydrogens is 314 g/mol. The van der Waals surface area contributed by atoms with Crippen LogP contribution in [0, 0.1) is 6.92 Å². The average Bonchev–Trinajstić information content (AvgIpc) is 3.33. The monoisotopic (exact) mass is 333 g/mol. The molecular formula is C18H19N7. The molecule has 1 aliphatic heterocycles. The second-order valence-electron chi connectivity index (χ2n) is 6.50. The van der Waals surface area contributed by atoms with E-state index < -0.39 is 0 Å². The van der Waals surface area contributed by atoms with Crippen molar-refractivity contribution in [3.63, 3.8) is 0 Å². The van der Waals surface area contributed by atoms with E-state index >= 15 is 0 Å². The first-order chi connectivity index (χ1) is 12.3. The molecule has 25 heavy (non-hydrogen) atoms. The minimum atomic E-state index is 0.0365. The number of imidazole rings is 3. The first-order valence-electron chi connectivity index (χ1n) is 8.49. The van der Waals surface area contributed by atoms with Gasteiger partial charge in [-0.25, -0.2) is 15.0 Å². The SMILES string of the molecule is Cc1[nH]cnc1[C@H]1c2nc[nH]c2CCN1Cc1nc2ccccc2[nH]1. The first kappa shape index (κ1) is 14.4. The lowest BCUT2D eigenvalue weighted by Gasteiger charge is -2.33. The zero-order valence-electron chi connectivity index (χ0n) is 14.0. The third-order valence-electron chi connectivity index (χ3n) is 4.94. The molecule has 0 fully saturated rings. The Kier molecular flexibility index (Phi) is 3.21. The van der Waals surface area contributed by atoms with Gasteiger partial charge in [0.25, 0.3) is 0 Å². The maximum atomic E-state index is 4.73. The number of aromatic amines is 3. The molecule has 4 aromatic rings. The molecule has 0 amide bonds. The van der Waals surface area contributed by atoms with E-state index in [1.807, 2.05) is 18.2 Å². The molecule has 0 saturated heterocycles. The van der Waals surface area contributed by atoms with E-state index in [1.165, 1.54) is 5.69 Å². The summed E-state index contributed by atoms with van der Waals surface area (Å²) in [4.78, 5) is 26.2. The maximum absolute atomic E-state index is 4.73. The lowest BCUT2D eigenvalue weighted by atomic mass is 9.99. The molecule has 7 heteroatoms. The average molecular weight is 333 g/mol. The number of hydrogen-bond acceptors (Lipinski definition) is 4. The van der Waals surface area contributed by atoms with Crippen molar-refractivity contribution >= 4 is 11.0 Å².